The van der Waals surface area contributed by atoms with Gasteiger partial charge in [-0.3, -0.25) is 0 Å². The van der Waals surface area contributed by atoms with E-state index >= 15 is 0 Å². The van der Waals surface area contributed by atoms with Crippen molar-refractivity contribution in [2.24, 2.45) is 0 Å². The van der Waals surface area contributed by atoms with Crippen LogP contribution in [0.25, 0.3) is 5.70 Å². The van der Waals surface area contributed by atoms with Crippen LogP contribution in [0, 0.1) is 0 Å². The number of phenolic OH excluding ortho intramolecular Hbond substituents is 1. The van der Waals surface area contributed by atoms with E-state index in [1.807, 2.05) is 13.1 Å². The number of hydrogen-bond donors (Lipinski definition) is 1. The number of rotatable bonds is 0. The Bertz CT molecular complexity index is 344. The SMILES string of the molecule is C=C1c2ccc(O)cc2CN1C. The zero-order valence-corrected chi connectivity index (χ0v) is 7.04. The molecule has 0 aliphatic carbocycles. The fourth-order valence-electron chi connectivity index (χ4n) is 1.55. The van der Waals surface area contributed by atoms with Crippen molar-refractivity contribution < 1.29 is 5.11 Å². The maximum atomic E-state index is 9.22. The van der Waals surface area contributed by atoms with Gasteiger partial charge >= 0.3 is 0 Å². The first-order valence-corrected chi connectivity index (χ1v) is 3.91. The Balaban J connectivity index is 2.54. The summed E-state index contributed by atoms with van der Waals surface area (Å²) in [5.41, 5.74) is 3.34. The summed E-state index contributed by atoms with van der Waals surface area (Å²) in [6, 6.07) is 5.41. The van der Waals surface area contributed by atoms with E-state index in [2.05, 4.69) is 11.5 Å². The van der Waals surface area contributed by atoms with E-state index in [-0.39, 0.29) is 0 Å². The molecule has 0 aromatic heterocycles. The fraction of sp³-hybridized carbons (Fsp3) is 0.200. The van der Waals surface area contributed by atoms with Crippen LogP contribution in [0.5, 0.6) is 5.75 Å². The Labute approximate surface area is 71.7 Å². The first-order valence-electron chi connectivity index (χ1n) is 3.91. The molecule has 0 radical (unpaired) electrons. The van der Waals surface area contributed by atoms with Gasteiger partial charge in [-0.2, -0.15) is 0 Å². The maximum absolute atomic E-state index is 9.22. The number of benzene rings is 1. The summed E-state index contributed by atoms with van der Waals surface area (Å²) >= 11 is 0. The third kappa shape index (κ3) is 0.881. The second-order valence-corrected chi connectivity index (χ2v) is 3.14. The Hall–Kier alpha value is -1.44. The summed E-state index contributed by atoms with van der Waals surface area (Å²) in [5, 5.41) is 9.22. The molecule has 1 heterocycles. The lowest BCUT2D eigenvalue weighted by Gasteiger charge is -2.09. The van der Waals surface area contributed by atoms with E-state index in [9.17, 15) is 5.11 Å². The number of fused-ring (bicyclic) bond motifs is 1. The summed E-state index contributed by atoms with van der Waals surface area (Å²) in [6.07, 6.45) is 0. The molecule has 0 unspecified atom stereocenters. The van der Waals surface area contributed by atoms with Crippen LogP contribution < -0.4 is 0 Å². The van der Waals surface area contributed by atoms with Crippen molar-refractivity contribution in [1.29, 1.82) is 0 Å². The summed E-state index contributed by atoms with van der Waals surface area (Å²) in [4.78, 5) is 2.07. The normalized spacial score (nSPS) is 15.1. The van der Waals surface area contributed by atoms with E-state index in [0.717, 1.165) is 23.4 Å². The van der Waals surface area contributed by atoms with Gasteiger partial charge in [0.05, 0.1) is 0 Å². The molecule has 1 aliphatic heterocycles. The molecule has 2 heteroatoms. The number of nitrogens with zero attached hydrogens (tertiary/aromatic N) is 1. The van der Waals surface area contributed by atoms with Gasteiger partial charge in [0, 0.05) is 24.9 Å². The van der Waals surface area contributed by atoms with Crippen LogP contribution in [0.4, 0.5) is 0 Å². The van der Waals surface area contributed by atoms with E-state index in [0.29, 0.717) is 5.75 Å². The van der Waals surface area contributed by atoms with Gasteiger partial charge in [-0.05, 0) is 23.8 Å². The highest BCUT2D eigenvalue weighted by Gasteiger charge is 2.18. The van der Waals surface area contributed by atoms with E-state index in [1.165, 1.54) is 0 Å². The topological polar surface area (TPSA) is 23.5 Å². The van der Waals surface area contributed by atoms with Gasteiger partial charge in [-0.1, -0.05) is 6.58 Å². The van der Waals surface area contributed by atoms with Crippen LogP contribution in [0.1, 0.15) is 11.1 Å². The van der Waals surface area contributed by atoms with Crippen molar-refractivity contribution in [2.75, 3.05) is 7.05 Å². The van der Waals surface area contributed by atoms with Crippen LogP contribution >= 0.6 is 0 Å². The van der Waals surface area contributed by atoms with Gasteiger partial charge in [0.1, 0.15) is 5.75 Å². The highest BCUT2D eigenvalue weighted by atomic mass is 16.3. The van der Waals surface area contributed by atoms with Crippen LogP contribution in [-0.2, 0) is 6.54 Å². The number of hydrogen-bond acceptors (Lipinski definition) is 2. The quantitative estimate of drug-likeness (QED) is 0.627. The average Bonchev–Trinajstić information content (AvgIpc) is 2.28. The first-order chi connectivity index (χ1) is 5.68. The zero-order valence-electron chi connectivity index (χ0n) is 7.04. The highest BCUT2D eigenvalue weighted by molar-refractivity contribution is 5.69. The van der Waals surface area contributed by atoms with Crippen molar-refractivity contribution in [3.05, 3.63) is 35.9 Å². The second-order valence-electron chi connectivity index (χ2n) is 3.14. The minimum Gasteiger partial charge on any atom is -0.508 e. The van der Waals surface area contributed by atoms with Crippen molar-refractivity contribution >= 4 is 5.70 Å². The van der Waals surface area contributed by atoms with Crippen LogP contribution in [0.15, 0.2) is 24.8 Å². The van der Waals surface area contributed by atoms with Crippen molar-refractivity contribution in [2.45, 2.75) is 6.54 Å². The average molecular weight is 161 g/mol. The Morgan fingerprint density at radius 2 is 2.25 bits per heavy atom. The van der Waals surface area contributed by atoms with Crippen molar-refractivity contribution in [3.8, 4) is 5.75 Å². The molecule has 0 atom stereocenters. The van der Waals surface area contributed by atoms with Crippen LogP contribution in [0.2, 0.25) is 0 Å². The largest absolute Gasteiger partial charge is 0.508 e. The predicted molar refractivity (Wildman–Crippen MR) is 48.6 cm³/mol. The third-order valence-corrected chi connectivity index (χ3v) is 2.27. The fourth-order valence-corrected chi connectivity index (χ4v) is 1.55. The molecule has 0 spiro atoms. The molecule has 0 saturated carbocycles. The Kier molecular flexibility index (Phi) is 1.37. The summed E-state index contributed by atoms with van der Waals surface area (Å²) < 4.78 is 0. The molecular formula is C10H11NO. The van der Waals surface area contributed by atoms with E-state index in [1.54, 1.807) is 12.1 Å². The number of aromatic hydroxyl groups is 1. The van der Waals surface area contributed by atoms with Crippen molar-refractivity contribution in [3.63, 3.8) is 0 Å². The minimum absolute atomic E-state index is 0.330. The van der Waals surface area contributed by atoms with Gasteiger partial charge in [0.25, 0.3) is 0 Å². The molecule has 12 heavy (non-hydrogen) atoms. The predicted octanol–water partition coefficient (Wildman–Crippen LogP) is 1.81. The molecular weight excluding hydrogens is 150 g/mol. The summed E-state index contributed by atoms with van der Waals surface area (Å²) in [6.45, 7) is 4.80. The van der Waals surface area contributed by atoms with Gasteiger partial charge in [0.15, 0.2) is 0 Å². The lowest BCUT2D eigenvalue weighted by atomic mass is 10.1. The molecule has 0 amide bonds. The monoisotopic (exact) mass is 161 g/mol. The molecule has 1 aliphatic rings. The molecule has 2 rings (SSSR count). The van der Waals surface area contributed by atoms with Crippen LogP contribution in [0.3, 0.4) is 0 Å². The van der Waals surface area contributed by atoms with Gasteiger partial charge in [-0.15, -0.1) is 0 Å². The molecule has 1 aromatic rings. The lowest BCUT2D eigenvalue weighted by Crippen LogP contribution is -2.05. The molecule has 0 saturated heterocycles. The van der Waals surface area contributed by atoms with Gasteiger partial charge in [-0.25, -0.2) is 0 Å². The molecule has 0 bridgehead atoms. The van der Waals surface area contributed by atoms with E-state index < -0.39 is 0 Å². The molecule has 1 aromatic carbocycles. The molecule has 62 valence electrons. The summed E-state index contributed by atoms with van der Waals surface area (Å²) in [5.74, 6) is 0.330. The lowest BCUT2D eigenvalue weighted by molar-refractivity contribution is 0.471. The third-order valence-electron chi connectivity index (χ3n) is 2.27. The number of phenols is 1. The Morgan fingerprint density at radius 1 is 1.50 bits per heavy atom. The first kappa shape index (κ1) is 7.22. The maximum Gasteiger partial charge on any atom is 0.115 e. The van der Waals surface area contributed by atoms with Gasteiger partial charge in [0.2, 0.25) is 0 Å². The molecule has 0 fully saturated rings. The van der Waals surface area contributed by atoms with E-state index in [4.69, 9.17) is 0 Å². The van der Waals surface area contributed by atoms with Crippen molar-refractivity contribution in [1.82, 2.24) is 4.90 Å². The van der Waals surface area contributed by atoms with Crippen LogP contribution in [-0.4, -0.2) is 17.1 Å². The second kappa shape index (κ2) is 2.27. The molecule has 1 N–H and O–H groups in total. The Morgan fingerprint density at radius 3 is 3.00 bits per heavy atom. The standard InChI is InChI=1S/C10H11NO/c1-7-10-4-3-9(12)5-8(10)6-11(7)2/h3-5,12H,1,6H2,2H3. The zero-order chi connectivity index (χ0) is 8.72. The minimum atomic E-state index is 0.330. The highest BCUT2D eigenvalue weighted by Crippen LogP contribution is 2.31. The van der Waals surface area contributed by atoms with Gasteiger partial charge < -0.3 is 10.0 Å². The molecule has 2 nitrogen and oxygen atoms in total. The smallest absolute Gasteiger partial charge is 0.115 e. The summed E-state index contributed by atoms with van der Waals surface area (Å²) in [7, 11) is 2.00.